The van der Waals surface area contributed by atoms with Gasteiger partial charge >= 0.3 is 0 Å². The first-order valence-electron chi connectivity index (χ1n) is 16.8. The minimum absolute atomic E-state index is 0.0136. The standard InChI is InChI=1S/C36H35F2N7O7/c1-48-33-30(45-16-26(41-43-45)22-10-6-12-24(38)14-22)32-29(19-50-36(52-32)20-7-3-2-4-8-20)51-34(33)35(47)39-27-17-49-18-28(31(27)46)44-15-25(40-42-44)21-9-5-11-23(37)13-21/h2-16,27-34,36,46H,17-19H2,1H3,(H,39,47)/t27-,28+,29-,30+,31+,32+,33-,34-,36?/m1/s1. The van der Waals surface area contributed by atoms with Gasteiger partial charge in [0.05, 0.1) is 38.3 Å². The summed E-state index contributed by atoms with van der Waals surface area (Å²) in [5, 5.41) is 31.3. The number of benzene rings is 3. The van der Waals surface area contributed by atoms with Crippen LogP contribution in [0, 0.1) is 11.6 Å². The fourth-order valence-electron chi connectivity index (χ4n) is 6.98. The predicted octanol–water partition coefficient (Wildman–Crippen LogP) is 3.04. The molecule has 1 amide bonds. The Bertz CT molecular complexity index is 2020. The average molecular weight is 716 g/mol. The molecule has 0 radical (unpaired) electrons. The molecule has 0 bridgehead atoms. The van der Waals surface area contributed by atoms with Gasteiger partial charge in [0.25, 0.3) is 5.91 Å². The zero-order chi connectivity index (χ0) is 35.8. The van der Waals surface area contributed by atoms with Gasteiger partial charge in [-0.25, -0.2) is 18.1 Å². The maximum absolute atomic E-state index is 14.1. The fraction of sp³-hybridized carbons (Fsp3) is 0.361. The van der Waals surface area contributed by atoms with Crippen LogP contribution in [0.3, 0.4) is 0 Å². The second-order valence-electron chi connectivity index (χ2n) is 12.9. The maximum Gasteiger partial charge on any atom is 0.252 e. The highest BCUT2D eigenvalue weighted by Gasteiger charge is 2.54. The van der Waals surface area contributed by atoms with E-state index in [4.69, 9.17) is 23.7 Å². The van der Waals surface area contributed by atoms with Crippen molar-refractivity contribution in [3.8, 4) is 22.5 Å². The van der Waals surface area contributed by atoms with Crippen LogP contribution in [0.5, 0.6) is 0 Å². The number of halogens is 2. The summed E-state index contributed by atoms with van der Waals surface area (Å²) >= 11 is 0. The molecule has 0 aliphatic carbocycles. The number of fused-ring (bicyclic) bond motifs is 1. The number of hydrogen-bond acceptors (Lipinski definition) is 11. The lowest BCUT2D eigenvalue weighted by atomic mass is 9.90. The summed E-state index contributed by atoms with van der Waals surface area (Å²) in [5.74, 6) is -1.41. The molecule has 52 heavy (non-hydrogen) atoms. The molecule has 0 spiro atoms. The maximum atomic E-state index is 14.1. The first-order chi connectivity index (χ1) is 25.4. The van der Waals surface area contributed by atoms with E-state index in [0.717, 1.165) is 5.56 Å². The molecule has 5 aromatic rings. The van der Waals surface area contributed by atoms with Crippen molar-refractivity contribution >= 4 is 5.91 Å². The second-order valence-corrected chi connectivity index (χ2v) is 12.9. The topological polar surface area (TPSA) is 157 Å². The highest BCUT2D eigenvalue weighted by molar-refractivity contribution is 5.82. The molecule has 2 aromatic heterocycles. The van der Waals surface area contributed by atoms with Crippen LogP contribution in [0.2, 0.25) is 0 Å². The van der Waals surface area contributed by atoms with Gasteiger partial charge in [0.2, 0.25) is 0 Å². The minimum atomic E-state index is -1.21. The number of aliphatic hydroxyl groups is 1. The van der Waals surface area contributed by atoms with Crippen LogP contribution >= 0.6 is 0 Å². The van der Waals surface area contributed by atoms with Gasteiger partial charge in [0.15, 0.2) is 12.4 Å². The van der Waals surface area contributed by atoms with Crippen LogP contribution < -0.4 is 5.32 Å². The highest BCUT2D eigenvalue weighted by atomic mass is 19.1. The third kappa shape index (κ3) is 6.71. The van der Waals surface area contributed by atoms with Crippen LogP contribution in [0.4, 0.5) is 8.78 Å². The minimum Gasteiger partial charge on any atom is -0.389 e. The summed E-state index contributed by atoms with van der Waals surface area (Å²) in [6.07, 6.45) is -2.23. The van der Waals surface area contributed by atoms with Crippen molar-refractivity contribution in [1.82, 2.24) is 35.3 Å². The van der Waals surface area contributed by atoms with Crippen LogP contribution in [-0.4, -0.2) is 104 Å². The Morgan fingerprint density at radius 2 is 1.54 bits per heavy atom. The smallest absolute Gasteiger partial charge is 0.252 e. The Labute approximate surface area is 296 Å². The number of hydrogen-bond donors (Lipinski definition) is 2. The normalized spacial score (nSPS) is 29.0. The van der Waals surface area contributed by atoms with Crippen molar-refractivity contribution in [2.45, 2.75) is 54.9 Å². The van der Waals surface area contributed by atoms with Crippen LogP contribution in [0.15, 0.2) is 91.3 Å². The number of nitrogens with one attached hydrogen (secondary N) is 1. The molecular formula is C36H35F2N7O7. The molecule has 270 valence electrons. The van der Waals surface area contributed by atoms with Crippen molar-refractivity contribution in [3.05, 3.63) is 108 Å². The lowest BCUT2D eigenvalue weighted by molar-refractivity contribution is -0.314. The molecule has 8 rings (SSSR count). The number of carbonyl (C=O) groups excluding carboxylic acids is 1. The molecule has 9 atom stereocenters. The molecule has 2 N–H and O–H groups in total. The number of aliphatic hydroxyl groups excluding tert-OH is 1. The monoisotopic (exact) mass is 715 g/mol. The number of ether oxygens (including phenoxy) is 5. The Kier molecular flexibility index (Phi) is 9.57. The van der Waals surface area contributed by atoms with Gasteiger partial charge in [-0.05, 0) is 24.3 Å². The third-order valence-electron chi connectivity index (χ3n) is 9.58. The summed E-state index contributed by atoms with van der Waals surface area (Å²) in [7, 11) is 1.45. The Morgan fingerprint density at radius 1 is 0.865 bits per heavy atom. The van der Waals surface area contributed by atoms with E-state index in [-0.39, 0.29) is 19.8 Å². The molecule has 16 heteroatoms. The van der Waals surface area contributed by atoms with Crippen molar-refractivity contribution in [2.24, 2.45) is 0 Å². The quantitative estimate of drug-likeness (QED) is 0.244. The van der Waals surface area contributed by atoms with Crippen LogP contribution in [0.1, 0.15) is 23.9 Å². The lowest BCUT2D eigenvalue weighted by Gasteiger charge is -2.48. The number of amides is 1. The van der Waals surface area contributed by atoms with Crippen molar-refractivity contribution in [2.75, 3.05) is 26.9 Å². The Hall–Kier alpha value is -4.97. The van der Waals surface area contributed by atoms with Gasteiger partial charge in [-0.2, -0.15) is 0 Å². The van der Waals surface area contributed by atoms with E-state index in [0.29, 0.717) is 22.5 Å². The molecule has 0 saturated carbocycles. The number of methoxy groups -OCH3 is 1. The van der Waals surface area contributed by atoms with Gasteiger partial charge in [-0.15, -0.1) is 10.2 Å². The predicted molar refractivity (Wildman–Crippen MR) is 177 cm³/mol. The molecule has 3 fully saturated rings. The SMILES string of the molecule is CO[C@@H]1[C@@H](n2cc(-c3cccc(F)c3)nn2)[C@H]2OC(c3ccccc3)OC[C@H]2O[C@H]1C(=O)N[C@@H]1COC[C@H](n2cc(-c3cccc(F)c3)nn2)[C@H]1O. The van der Waals surface area contributed by atoms with Crippen molar-refractivity contribution in [3.63, 3.8) is 0 Å². The fourth-order valence-corrected chi connectivity index (χ4v) is 6.98. The van der Waals surface area contributed by atoms with Crippen molar-refractivity contribution in [1.29, 1.82) is 0 Å². The van der Waals surface area contributed by atoms with Crippen LogP contribution in [0.25, 0.3) is 22.5 Å². The van der Waals surface area contributed by atoms with Gasteiger partial charge in [-0.3, -0.25) is 4.79 Å². The molecule has 5 heterocycles. The first kappa shape index (κ1) is 34.1. The van der Waals surface area contributed by atoms with E-state index in [1.165, 1.54) is 36.1 Å². The van der Waals surface area contributed by atoms with Gasteiger partial charge < -0.3 is 34.1 Å². The van der Waals surface area contributed by atoms with E-state index in [1.807, 2.05) is 30.3 Å². The molecule has 3 aliphatic heterocycles. The Morgan fingerprint density at radius 3 is 2.21 bits per heavy atom. The molecule has 3 aliphatic rings. The first-order valence-corrected chi connectivity index (χ1v) is 16.8. The molecule has 1 unspecified atom stereocenters. The van der Waals surface area contributed by atoms with E-state index in [2.05, 4.69) is 25.9 Å². The summed E-state index contributed by atoms with van der Waals surface area (Å²) in [4.78, 5) is 14.1. The van der Waals surface area contributed by atoms with E-state index in [9.17, 15) is 18.7 Å². The molecule has 3 aromatic carbocycles. The summed E-state index contributed by atoms with van der Waals surface area (Å²) in [6.45, 7) is 0.201. The zero-order valence-corrected chi connectivity index (χ0v) is 27.8. The van der Waals surface area contributed by atoms with E-state index >= 15 is 0 Å². The van der Waals surface area contributed by atoms with Gasteiger partial charge in [0.1, 0.15) is 59.5 Å². The van der Waals surface area contributed by atoms with Crippen LogP contribution in [-0.2, 0) is 28.5 Å². The average Bonchev–Trinajstić information content (AvgIpc) is 3.86. The number of carbonyl (C=O) groups is 1. The summed E-state index contributed by atoms with van der Waals surface area (Å²) in [5.41, 5.74) is 2.66. The highest BCUT2D eigenvalue weighted by Crippen LogP contribution is 2.40. The van der Waals surface area contributed by atoms with Gasteiger partial charge in [-0.1, -0.05) is 65.0 Å². The lowest BCUT2D eigenvalue weighted by Crippen LogP contribution is -2.65. The van der Waals surface area contributed by atoms with Crippen molar-refractivity contribution < 1.29 is 42.4 Å². The largest absolute Gasteiger partial charge is 0.389 e. The van der Waals surface area contributed by atoms with E-state index in [1.54, 1.807) is 41.3 Å². The number of aromatic nitrogens is 6. The van der Waals surface area contributed by atoms with E-state index < -0.39 is 72.5 Å². The third-order valence-corrected chi connectivity index (χ3v) is 9.58. The molecular weight excluding hydrogens is 680 g/mol. The second kappa shape index (κ2) is 14.6. The molecule has 3 saturated heterocycles. The summed E-state index contributed by atoms with van der Waals surface area (Å²) in [6, 6.07) is 19.0. The summed E-state index contributed by atoms with van der Waals surface area (Å²) < 4.78 is 61.7. The van der Waals surface area contributed by atoms with Gasteiger partial charge in [0, 0.05) is 23.8 Å². The number of rotatable bonds is 8. The Balaban J connectivity index is 1.05. The number of nitrogens with zero attached hydrogens (tertiary/aromatic N) is 6. The zero-order valence-electron chi connectivity index (χ0n) is 27.8. The molecule has 14 nitrogen and oxygen atoms in total.